The molecule has 10 rings (SSSR count). The van der Waals surface area contributed by atoms with Gasteiger partial charge in [0.25, 0.3) is 0 Å². The molecule has 2 heterocycles. The average Bonchev–Trinajstić information content (AvgIpc) is 3.68. The SMILES string of the molecule is c1ccc(-c2cccc(-n3c4ccccc4c4ccc(-c5cccc6c5c5ccccc5n6-c5ccc6ccccc6c5)cc43)c2)cc1. The van der Waals surface area contributed by atoms with E-state index in [4.69, 9.17) is 0 Å². The molecule has 0 aliphatic heterocycles. The molecule has 0 saturated heterocycles. The number of hydrogen-bond acceptors (Lipinski definition) is 0. The van der Waals surface area contributed by atoms with Crippen molar-refractivity contribution in [3.63, 3.8) is 0 Å². The number of rotatable bonds is 4. The smallest absolute Gasteiger partial charge is 0.0547 e. The lowest BCUT2D eigenvalue weighted by Crippen LogP contribution is -1.95. The molecule has 0 aliphatic rings. The largest absolute Gasteiger partial charge is 0.309 e. The van der Waals surface area contributed by atoms with Crippen molar-refractivity contribution in [3.05, 3.63) is 182 Å². The Labute approximate surface area is 278 Å². The molecule has 2 aromatic heterocycles. The molecular formula is C46H30N2. The third kappa shape index (κ3) is 4.06. The fourth-order valence-electron chi connectivity index (χ4n) is 7.73. The van der Waals surface area contributed by atoms with Crippen molar-refractivity contribution >= 4 is 54.4 Å². The van der Waals surface area contributed by atoms with E-state index in [2.05, 4.69) is 191 Å². The van der Waals surface area contributed by atoms with Gasteiger partial charge in [-0.3, -0.25) is 0 Å². The highest BCUT2D eigenvalue weighted by molar-refractivity contribution is 6.17. The van der Waals surface area contributed by atoms with Crippen LogP contribution in [0, 0.1) is 0 Å². The van der Waals surface area contributed by atoms with Gasteiger partial charge in [-0.15, -0.1) is 0 Å². The maximum absolute atomic E-state index is 2.43. The molecular weight excluding hydrogens is 581 g/mol. The van der Waals surface area contributed by atoms with Crippen LogP contribution in [0.3, 0.4) is 0 Å². The normalized spacial score (nSPS) is 11.8. The summed E-state index contributed by atoms with van der Waals surface area (Å²) in [5.74, 6) is 0. The van der Waals surface area contributed by atoms with Crippen molar-refractivity contribution in [1.82, 2.24) is 9.13 Å². The zero-order valence-electron chi connectivity index (χ0n) is 26.2. The van der Waals surface area contributed by atoms with Crippen LogP contribution >= 0.6 is 0 Å². The minimum absolute atomic E-state index is 1.16. The first-order chi connectivity index (χ1) is 23.8. The first-order valence-electron chi connectivity index (χ1n) is 16.5. The minimum atomic E-state index is 1.16. The molecule has 8 aromatic carbocycles. The molecule has 2 nitrogen and oxygen atoms in total. The molecule has 0 fully saturated rings. The van der Waals surface area contributed by atoms with Crippen LogP contribution in [0.5, 0.6) is 0 Å². The van der Waals surface area contributed by atoms with Crippen LogP contribution in [0.15, 0.2) is 182 Å². The summed E-state index contributed by atoms with van der Waals surface area (Å²) in [5, 5.41) is 7.54. The lowest BCUT2D eigenvalue weighted by molar-refractivity contribution is 1.18. The Hall–Kier alpha value is -6.38. The Morgan fingerprint density at radius 3 is 1.79 bits per heavy atom. The minimum Gasteiger partial charge on any atom is -0.309 e. The fraction of sp³-hybridized carbons (Fsp3) is 0. The standard InChI is InChI=1S/C46H30N2/c1-2-12-31(13-3-1)34-16-10-17-36(28-34)48-42-21-8-6-18-39(42)40-27-25-35(30-45(40)48)38-20-11-23-44-46(38)41-19-7-9-22-43(41)47(44)37-26-24-32-14-4-5-15-33(32)29-37/h1-30H. The van der Waals surface area contributed by atoms with E-state index in [1.807, 2.05) is 0 Å². The van der Waals surface area contributed by atoms with Gasteiger partial charge < -0.3 is 9.13 Å². The van der Waals surface area contributed by atoms with E-state index in [1.165, 1.54) is 82.3 Å². The summed E-state index contributed by atoms with van der Waals surface area (Å²) in [6.07, 6.45) is 0. The van der Waals surface area contributed by atoms with E-state index in [0.29, 0.717) is 0 Å². The summed E-state index contributed by atoms with van der Waals surface area (Å²) < 4.78 is 4.85. The number of aromatic nitrogens is 2. The second kappa shape index (κ2) is 10.6. The number of fused-ring (bicyclic) bond motifs is 7. The van der Waals surface area contributed by atoms with Crippen molar-refractivity contribution in [1.29, 1.82) is 0 Å². The first kappa shape index (κ1) is 26.8. The maximum Gasteiger partial charge on any atom is 0.0547 e. The number of benzene rings is 8. The van der Waals surface area contributed by atoms with Crippen molar-refractivity contribution in [2.24, 2.45) is 0 Å². The van der Waals surface area contributed by atoms with E-state index in [-0.39, 0.29) is 0 Å². The van der Waals surface area contributed by atoms with Crippen LogP contribution in [0.4, 0.5) is 0 Å². The van der Waals surface area contributed by atoms with Gasteiger partial charge in [0, 0.05) is 32.9 Å². The maximum atomic E-state index is 2.43. The van der Waals surface area contributed by atoms with Gasteiger partial charge in [-0.05, 0) is 81.6 Å². The van der Waals surface area contributed by atoms with Crippen LogP contribution in [-0.4, -0.2) is 9.13 Å². The molecule has 48 heavy (non-hydrogen) atoms. The third-order valence-electron chi connectivity index (χ3n) is 9.89. The molecule has 0 radical (unpaired) electrons. The summed E-state index contributed by atoms with van der Waals surface area (Å²) in [6.45, 7) is 0. The molecule has 0 saturated carbocycles. The second-order valence-corrected chi connectivity index (χ2v) is 12.6. The summed E-state index contributed by atoms with van der Waals surface area (Å²) in [6, 6.07) is 66.2. The quantitative estimate of drug-likeness (QED) is 0.188. The molecule has 0 N–H and O–H groups in total. The van der Waals surface area contributed by atoms with Crippen molar-refractivity contribution in [3.8, 4) is 33.6 Å². The van der Waals surface area contributed by atoms with Crippen molar-refractivity contribution in [2.45, 2.75) is 0 Å². The van der Waals surface area contributed by atoms with Crippen molar-refractivity contribution < 1.29 is 0 Å². The molecule has 224 valence electrons. The Balaban J connectivity index is 1.22. The van der Waals surface area contributed by atoms with E-state index >= 15 is 0 Å². The second-order valence-electron chi connectivity index (χ2n) is 12.6. The topological polar surface area (TPSA) is 9.86 Å². The Morgan fingerprint density at radius 2 is 0.917 bits per heavy atom. The van der Waals surface area contributed by atoms with E-state index in [9.17, 15) is 0 Å². The first-order valence-corrected chi connectivity index (χ1v) is 16.5. The highest BCUT2D eigenvalue weighted by Crippen LogP contribution is 2.41. The van der Waals surface area contributed by atoms with E-state index < -0.39 is 0 Å². The predicted molar refractivity (Wildman–Crippen MR) is 203 cm³/mol. The van der Waals surface area contributed by atoms with Crippen LogP contribution < -0.4 is 0 Å². The molecule has 0 bridgehead atoms. The monoisotopic (exact) mass is 610 g/mol. The number of para-hydroxylation sites is 2. The zero-order chi connectivity index (χ0) is 31.6. The van der Waals surface area contributed by atoms with Crippen molar-refractivity contribution in [2.75, 3.05) is 0 Å². The molecule has 0 atom stereocenters. The van der Waals surface area contributed by atoms with Gasteiger partial charge in [0.1, 0.15) is 0 Å². The predicted octanol–water partition coefficient (Wildman–Crippen LogP) is 12.4. The molecule has 0 spiro atoms. The molecule has 0 amide bonds. The average molecular weight is 611 g/mol. The fourth-order valence-corrected chi connectivity index (χ4v) is 7.73. The highest BCUT2D eigenvalue weighted by atomic mass is 15.0. The van der Waals surface area contributed by atoms with Gasteiger partial charge in [-0.1, -0.05) is 133 Å². The van der Waals surface area contributed by atoms with Gasteiger partial charge in [0.05, 0.1) is 22.1 Å². The van der Waals surface area contributed by atoms with Gasteiger partial charge in [0.2, 0.25) is 0 Å². The molecule has 0 unspecified atom stereocenters. The van der Waals surface area contributed by atoms with E-state index in [1.54, 1.807) is 0 Å². The summed E-state index contributed by atoms with van der Waals surface area (Å²) in [5.41, 5.74) is 12.0. The van der Waals surface area contributed by atoms with Crippen LogP contribution in [0.1, 0.15) is 0 Å². The lowest BCUT2D eigenvalue weighted by Gasteiger charge is -2.12. The Bertz CT molecular complexity index is 2830. The van der Waals surface area contributed by atoms with Gasteiger partial charge >= 0.3 is 0 Å². The molecule has 0 aliphatic carbocycles. The lowest BCUT2D eigenvalue weighted by atomic mass is 9.98. The highest BCUT2D eigenvalue weighted by Gasteiger charge is 2.18. The summed E-state index contributed by atoms with van der Waals surface area (Å²) >= 11 is 0. The van der Waals surface area contributed by atoms with E-state index in [0.717, 1.165) is 5.69 Å². The Kier molecular flexibility index (Phi) is 5.91. The summed E-state index contributed by atoms with van der Waals surface area (Å²) in [4.78, 5) is 0. The van der Waals surface area contributed by atoms with Gasteiger partial charge in [-0.2, -0.15) is 0 Å². The summed E-state index contributed by atoms with van der Waals surface area (Å²) in [7, 11) is 0. The van der Waals surface area contributed by atoms with Crippen LogP contribution in [-0.2, 0) is 0 Å². The van der Waals surface area contributed by atoms with Crippen LogP contribution in [0.2, 0.25) is 0 Å². The third-order valence-corrected chi connectivity index (χ3v) is 9.89. The van der Waals surface area contributed by atoms with Crippen LogP contribution in [0.25, 0.3) is 88.0 Å². The van der Waals surface area contributed by atoms with Gasteiger partial charge in [-0.25, -0.2) is 0 Å². The Morgan fingerprint density at radius 1 is 0.292 bits per heavy atom. The number of nitrogens with zero attached hydrogens (tertiary/aromatic N) is 2. The molecule has 2 heteroatoms. The van der Waals surface area contributed by atoms with Gasteiger partial charge in [0.15, 0.2) is 0 Å². The molecule has 10 aromatic rings. The number of hydrogen-bond donors (Lipinski definition) is 0. The zero-order valence-corrected chi connectivity index (χ0v) is 26.2.